The van der Waals surface area contributed by atoms with Gasteiger partial charge in [-0.15, -0.1) is 0 Å². The number of H-pyrrole nitrogens is 1. The van der Waals surface area contributed by atoms with Gasteiger partial charge in [0.05, 0.1) is 52.8 Å². The number of methoxy groups -OCH3 is 1. The second kappa shape index (κ2) is 10.8. The number of halogens is 4. The van der Waals surface area contributed by atoms with Gasteiger partial charge in [-0.05, 0) is 30.7 Å². The van der Waals surface area contributed by atoms with Gasteiger partial charge in [0.2, 0.25) is 0 Å². The summed E-state index contributed by atoms with van der Waals surface area (Å²) in [7, 11) is 1.38. The summed E-state index contributed by atoms with van der Waals surface area (Å²) in [6.07, 6.45) is -0.455. The van der Waals surface area contributed by atoms with Crippen molar-refractivity contribution in [3.8, 4) is 28.3 Å². The zero-order chi connectivity index (χ0) is 29.3. The van der Waals surface area contributed by atoms with Crippen molar-refractivity contribution in [2.45, 2.75) is 25.6 Å². The number of aromatic amines is 1. The van der Waals surface area contributed by atoms with Gasteiger partial charge >= 0.3 is 6.18 Å². The number of benzene rings is 2. The maximum Gasteiger partial charge on any atom is 0.397 e. The van der Waals surface area contributed by atoms with E-state index >= 15 is 0 Å². The van der Waals surface area contributed by atoms with Crippen molar-refractivity contribution >= 4 is 22.6 Å². The molecular formula is C28H23F4N7O2. The van der Waals surface area contributed by atoms with Crippen LogP contribution in [-0.2, 0) is 6.54 Å². The summed E-state index contributed by atoms with van der Waals surface area (Å²) in [4.78, 5) is 25.3. The Kier molecular flexibility index (Phi) is 7.26. The molecule has 0 saturated heterocycles. The van der Waals surface area contributed by atoms with Crippen LogP contribution in [0.4, 0.5) is 23.4 Å². The Morgan fingerprint density at radius 3 is 2.56 bits per heavy atom. The molecule has 41 heavy (non-hydrogen) atoms. The summed E-state index contributed by atoms with van der Waals surface area (Å²) < 4.78 is 60.7. The maximum atomic E-state index is 14.0. The third kappa shape index (κ3) is 5.38. The quantitative estimate of drug-likeness (QED) is 0.225. The van der Waals surface area contributed by atoms with Gasteiger partial charge in [0.25, 0.3) is 5.91 Å². The Balaban J connectivity index is 1.52. The van der Waals surface area contributed by atoms with E-state index in [1.807, 2.05) is 0 Å². The van der Waals surface area contributed by atoms with E-state index in [1.54, 1.807) is 24.3 Å². The molecule has 0 bridgehead atoms. The summed E-state index contributed by atoms with van der Waals surface area (Å²) in [6.45, 7) is 1.12. The molecule has 0 fully saturated rings. The van der Waals surface area contributed by atoms with Crippen molar-refractivity contribution in [3.05, 3.63) is 83.7 Å². The summed E-state index contributed by atoms with van der Waals surface area (Å²) in [5.74, 6) is -2.78. The van der Waals surface area contributed by atoms with E-state index in [0.717, 1.165) is 13.0 Å². The van der Waals surface area contributed by atoms with Crippen LogP contribution in [0.5, 0.6) is 5.75 Å². The maximum absolute atomic E-state index is 14.0. The van der Waals surface area contributed by atoms with Crippen molar-refractivity contribution in [1.29, 1.82) is 0 Å². The minimum Gasteiger partial charge on any atom is -0.496 e. The van der Waals surface area contributed by atoms with Crippen LogP contribution < -0.4 is 15.8 Å². The lowest BCUT2D eigenvalue weighted by atomic mass is 9.94. The molecule has 5 rings (SSSR count). The fourth-order valence-corrected chi connectivity index (χ4v) is 4.42. The first-order valence-electron chi connectivity index (χ1n) is 12.3. The van der Waals surface area contributed by atoms with Gasteiger partial charge in [0.15, 0.2) is 5.82 Å². The van der Waals surface area contributed by atoms with E-state index in [1.165, 1.54) is 37.8 Å². The smallest absolute Gasteiger partial charge is 0.397 e. The van der Waals surface area contributed by atoms with Gasteiger partial charge in [0, 0.05) is 30.1 Å². The minimum absolute atomic E-state index is 0.0423. The number of rotatable bonds is 7. The summed E-state index contributed by atoms with van der Waals surface area (Å²) >= 11 is 0. The predicted octanol–water partition coefficient (Wildman–Crippen LogP) is 5.41. The first-order chi connectivity index (χ1) is 19.6. The van der Waals surface area contributed by atoms with E-state index in [4.69, 9.17) is 10.5 Å². The molecule has 3 heterocycles. The van der Waals surface area contributed by atoms with Gasteiger partial charge < -0.3 is 15.8 Å². The number of aromatic nitrogens is 5. The first kappa shape index (κ1) is 27.5. The molecule has 0 radical (unpaired) electrons. The summed E-state index contributed by atoms with van der Waals surface area (Å²) in [6, 6.07) is 10.3. The van der Waals surface area contributed by atoms with E-state index in [9.17, 15) is 22.4 Å². The first-order valence-corrected chi connectivity index (χ1v) is 12.3. The molecule has 0 saturated carbocycles. The van der Waals surface area contributed by atoms with Gasteiger partial charge in [-0.25, -0.2) is 4.39 Å². The summed E-state index contributed by atoms with van der Waals surface area (Å²) in [5, 5.41) is 9.83. The van der Waals surface area contributed by atoms with E-state index in [2.05, 4.69) is 30.5 Å². The standard InChI is InChI=1S/C28H23F4N7O2/c1-14(28(30,31)32)23-21(19-13-34-9-10-35-19)25-22(26(33)39-38-25)24(37-23)16-5-3-15(4-6-16)12-36-27(40)18-11-17(29)7-8-20(18)41-2/h3-11,13-14H,12H2,1-2H3,(H,36,40)(H3,33,38,39). The van der Waals surface area contributed by atoms with Gasteiger partial charge in [-0.2, -0.15) is 18.3 Å². The number of hydrogen-bond acceptors (Lipinski definition) is 7. The molecule has 5 aromatic rings. The predicted molar refractivity (Wildman–Crippen MR) is 143 cm³/mol. The lowest BCUT2D eigenvalue weighted by molar-refractivity contribution is -0.146. The molecule has 0 aliphatic rings. The molecule has 9 nitrogen and oxygen atoms in total. The number of ether oxygens (including phenoxy) is 1. The highest BCUT2D eigenvalue weighted by Gasteiger charge is 2.41. The molecule has 3 aromatic heterocycles. The van der Waals surface area contributed by atoms with Crippen molar-refractivity contribution in [2.75, 3.05) is 12.8 Å². The second-order valence-corrected chi connectivity index (χ2v) is 9.16. The van der Waals surface area contributed by atoms with Gasteiger partial charge in [0.1, 0.15) is 11.6 Å². The van der Waals surface area contributed by atoms with Crippen LogP contribution in [-0.4, -0.2) is 44.3 Å². The number of nitrogens with zero attached hydrogens (tertiary/aromatic N) is 4. The SMILES string of the molecule is COc1ccc(F)cc1C(=O)NCc1ccc(-c2nc(C(C)C(F)(F)F)c(-c3cnccn3)c3[nH]nc(N)c23)cc1. The average Bonchev–Trinajstić information content (AvgIpc) is 3.36. The molecule has 0 aliphatic heterocycles. The van der Waals surface area contributed by atoms with Gasteiger partial charge in [-0.1, -0.05) is 24.3 Å². The highest BCUT2D eigenvalue weighted by Crippen LogP contribution is 2.43. The zero-order valence-corrected chi connectivity index (χ0v) is 21.8. The van der Waals surface area contributed by atoms with Gasteiger partial charge in [-0.3, -0.25) is 24.8 Å². The number of nitrogens with one attached hydrogen (secondary N) is 2. The number of amides is 1. The molecule has 1 amide bonds. The Hall–Kier alpha value is -5.07. The highest BCUT2D eigenvalue weighted by atomic mass is 19.4. The topological polar surface area (TPSA) is 132 Å². The number of anilines is 1. The number of pyridine rings is 1. The molecule has 4 N–H and O–H groups in total. The number of hydrogen-bond donors (Lipinski definition) is 3. The van der Waals surface area contributed by atoms with Crippen molar-refractivity contribution < 1.29 is 27.1 Å². The molecule has 1 atom stereocenters. The number of nitrogen functional groups attached to an aromatic ring is 1. The van der Waals surface area contributed by atoms with Crippen LogP contribution in [0.15, 0.2) is 61.1 Å². The Bertz CT molecular complexity index is 1720. The Morgan fingerprint density at radius 2 is 1.90 bits per heavy atom. The molecular weight excluding hydrogens is 542 g/mol. The summed E-state index contributed by atoms with van der Waals surface area (Å²) in [5.41, 5.74) is 7.83. The van der Waals surface area contributed by atoms with Crippen LogP contribution in [0, 0.1) is 5.82 Å². The molecule has 0 spiro atoms. The fourth-order valence-electron chi connectivity index (χ4n) is 4.42. The van der Waals surface area contributed by atoms with E-state index in [0.29, 0.717) is 16.5 Å². The minimum atomic E-state index is -4.59. The molecule has 13 heteroatoms. The Labute approximate surface area is 230 Å². The zero-order valence-electron chi connectivity index (χ0n) is 21.8. The second-order valence-electron chi connectivity index (χ2n) is 9.16. The lowest BCUT2D eigenvalue weighted by Crippen LogP contribution is -2.23. The van der Waals surface area contributed by atoms with Crippen LogP contribution in [0.2, 0.25) is 0 Å². The number of carbonyl (C=O) groups is 1. The molecule has 0 aliphatic carbocycles. The molecule has 2 aromatic carbocycles. The van der Waals surface area contributed by atoms with Crippen LogP contribution in [0.1, 0.15) is 34.5 Å². The Morgan fingerprint density at radius 1 is 1.15 bits per heavy atom. The van der Waals surface area contributed by atoms with E-state index in [-0.39, 0.29) is 51.8 Å². The van der Waals surface area contributed by atoms with Crippen LogP contribution in [0.25, 0.3) is 33.4 Å². The number of nitrogens with two attached hydrogens (primary N) is 1. The van der Waals surface area contributed by atoms with Crippen molar-refractivity contribution in [2.24, 2.45) is 0 Å². The largest absolute Gasteiger partial charge is 0.496 e. The number of alkyl halides is 3. The highest BCUT2D eigenvalue weighted by molar-refractivity contribution is 6.06. The van der Waals surface area contributed by atoms with Crippen LogP contribution in [0.3, 0.4) is 0 Å². The monoisotopic (exact) mass is 565 g/mol. The normalized spacial score (nSPS) is 12.3. The van der Waals surface area contributed by atoms with Crippen LogP contribution >= 0.6 is 0 Å². The molecule has 1 unspecified atom stereocenters. The molecule has 210 valence electrons. The number of fused-ring (bicyclic) bond motifs is 1. The third-order valence-electron chi connectivity index (χ3n) is 6.58. The van der Waals surface area contributed by atoms with E-state index < -0.39 is 23.8 Å². The number of carbonyl (C=O) groups excluding carboxylic acids is 1. The average molecular weight is 566 g/mol. The van der Waals surface area contributed by atoms with Crippen molar-refractivity contribution in [1.82, 2.24) is 30.5 Å². The van der Waals surface area contributed by atoms with Crippen molar-refractivity contribution in [3.63, 3.8) is 0 Å². The third-order valence-corrected chi connectivity index (χ3v) is 6.58. The lowest BCUT2D eigenvalue weighted by Gasteiger charge is -2.20. The fraction of sp³-hybridized carbons (Fsp3) is 0.179.